The zero-order valence-corrected chi connectivity index (χ0v) is 21.3. The lowest BCUT2D eigenvalue weighted by Crippen LogP contribution is -2.47. The molecule has 1 fully saturated rings. The van der Waals surface area contributed by atoms with Gasteiger partial charge in [0.25, 0.3) is 0 Å². The third kappa shape index (κ3) is 6.10. The zero-order valence-electron chi connectivity index (χ0n) is 21.3. The molecule has 0 unspecified atom stereocenters. The molecule has 0 aliphatic carbocycles. The molecule has 0 saturated carbocycles. The molecule has 194 valence electrons. The maximum Gasteiger partial charge on any atom is 0.248 e. The number of nitriles is 1. The van der Waals surface area contributed by atoms with Gasteiger partial charge >= 0.3 is 0 Å². The van der Waals surface area contributed by atoms with E-state index in [1.54, 1.807) is 24.5 Å². The number of aryl methyl sites for hydroxylation is 1. The number of aromatic nitrogens is 3. The summed E-state index contributed by atoms with van der Waals surface area (Å²) >= 11 is 0. The number of carbonyl (C=O) groups is 1. The number of rotatable bonds is 10. The summed E-state index contributed by atoms with van der Waals surface area (Å²) in [6, 6.07) is 15.1. The van der Waals surface area contributed by atoms with E-state index in [9.17, 15) is 10.1 Å². The quantitative estimate of drug-likeness (QED) is 0.313. The second-order valence-electron chi connectivity index (χ2n) is 9.54. The van der Waals surface area contributed by atoms with E-state index in [1.807, 2.05) is 30.3 Å². The molecule has 38 heavy (non-hydrogen) atoms. The number of primary amides is 1. The number of piperazine rings is 1. The number of hydrogen-bond donors (Lipinski definition) is 2. The van der Waals surface area contributed by atoms with Crippen LogP contribution in [0.5, 0.6) is 5.75 Å². The van der Waals surface area contributed by atoms with Gasteiger partial charge in [-0.15, -0.1) is 0 Å². The van der Waals surface area contributed by atoms with Crippen molar-refractivity contribution < 1.29 is 9.53 Å². The molecule has 1 saturated heterocycles. The smallest absolute Gasteiger partial charge is 0.248 e. The predicted molar refractivity (Wildman–Crippen MR) is 146 cm³/mol. The van der Waals surface area contributed by atoms with Gasteiger partial charge in [0, 0.05) is 48.8 Å². The van der Waals surface area contributed by atoms with Gasteiger partial charge in [-0.1, -0.05) is 12.1 Å². The first-order chi connectivity index (χ1) is 18.6. The monoisotopic (exact) mass is 509 g/mol. The highest BCUT2D eigenvalue weighted by Crippen LogP contribution is 2.22. The van der Waals surface area contributed by atoms with Crippen molar-refractivity contribution in [2.75, 3.05) is 37.6 Å². The van der Waals surface area contributed by atoms with Crippen molar-refractivity contribution in [3.8, 4) is 11.8 Å². The van der Waals surface area contributed by atoms with Gasteiger partial charge in [0.15, 0.2) is 5.75 Å². The summed E-state index contributed by atoms with van der Waals surface area (Å²) < 4.78 is 5.78. The molecule has 0 radical (unpaired) electrons. The number of hydrogen-bond acceptors (Lipinski definition) is 7. The average molecular weight is 510 g/mol. The Kier molecular flexibility index (Phi) is 7.81. The minimum atomic E-state index is -0.444. The third-order valence-corrected chi connectivity index (χ3v) is 6.98. The van der Waals surface area contributed by atoms with Crippen molar-refractivity contribution in [3.05, 3.63) is 83.3 Å². The van der Waals surface area contributed by atoms with Crippen LogP contribution in [0.4, 0.5) is 5.95 Å². The predicted octanol–water partition coefficient (Wildman–Crippen LogP) is 3.65. The molecule has 5 rings (SSSR count). The summed E-state index contributed by atoms with van der Waals surface area (Å²) in [5, 5.41) is 10.3. The van der Waals surface area contributed by atoms with E-state index in [0.29, 0.717) is 23.5 Å². The lowest BCUT2D eigenvalue weighted by atomic mass is 10.1. The van der Waals surface area contributed by atoms with Gasteiger partial charge in [0.05, 0.1) is 24.0 Å². The molecule has 3 N–H and O–H groups in total. The van der Waals surface area contributed by atoms with Gasteiger partial charge in [0.2, 0.25) is 11.9 Å². The van der Waals surface area contributed by atoms with E-state index in [0.717, 1.165) is 74.4 Å². The Labute approximate surface area is 221 Å². The number of amides is 1. The summed E-state index contributed by atoms with van der Waals surface area (Å²) in [5.74, 6) is 0.879. The molecule has 1 amide bonds. The van der Waals surface area contributed by atoms with Crippen molar-refractivity contribution in [2.24, 2.45) is 5.73 Å². The molecule has 0 atom stereocenters. The molecule has 9 heteroatoms. The molecule has 3 heterocycles. The molecule has 4 aromatic rings. The van der Waals surface area contributed by atoms with Gasteiger partial charge in [-0.25, -0.2) is 9.97 Å². The highest BCUT2D eigenvalue weighted by Gasteiger charge is 2.18. The van der Waals surface area contributed by atoms with Crippen LogP contribution in [-0.4, -0.2) is 58.5 Å². The number of benzene rings is 2. The average Bonchev–Trinajstić information content (AvgIpc) is 3.37. The van der Waals surface area contributed by atoms with E-state index in [1.165, 1.54) is 5.56 Å². The van der Waals surface area contributed by atoms with Crippen LogP contribution in [0.1, 0.15) is 39.9 Å². The summed E-state index contributed by atoms with van der Waals surface area (Å²) in [6.45, 7) is 5.20. The SMILES string of the molecule is N#Cc1ccc2[nH]cc(CCCCN3CCN(c4ncc(OCc5ccc(C(N)=O)cc5)cn4)CC3)c2c1. The number of carbonyl (C=O) groups excluding carboxylic acids is 1. The van der Waals surface area contributed by atoms with Crippen LogP contribution in [0, 0.1) is 11.3 Å². The minimum Gasteiger partial charge on any atom is -0.486 e. The highest BCUT2D eigenvalue weighted by molar-refractivity contribution is 5.92. The Hall–Kier alpha value is -4.42. The van der Waals surface area contributed by atoms with E-state index in [4.69, 9.17) is 10.5 Å². The molecular weight excluding hydrogens is 478 g/mol. The lowest BCUT2D eigenvalue weighted by molar-refractivity contribution is 0.1000. The number of fused-ring (bicyclic) bond motifs is 1. The number of ether oxygens (including phenoxy) is 1. The fourth-order valence-corrected chi connectivity index (χ4v) is 4.76. The molecule has 0 spiro atoms. The molecule has 2 aromatic heterocycles. The molecule has 9 nitrogen and oxygen atoms in total. The van der Waals surface area contributed by atoms with Gasteiger partial charge < -0.3 is 20.4 Å². The molecule has 1 aliphatic rings. The second-order valence-corrected chi connectivity index (χ2v) is 9.54. The lowest BCUT2D eigenvalue weighted by Gasteiger charge is -2.34. The van der Waals surface area contributed by atoms with Crippen LogP contribution < -0.4 is 15.4 Å². The summed E-state index contributed by atoms with van der Waals surface area (Å²) in [5.41, 5.74) is 9.77. The molecule has 2 aromatic carbocycles. The number of unbranched alkanes of at least 4 members (excludes halogenated alkanes) is 1. The van der Waals surface area contributed by atoms with Crippen molar-refractivity contribution in [3.63, 3.8) is 0 Å². The van der Waals surface area contributed by atoms with Gasteiger partial charge in [-0.3, -0.25) is 9.69 Å². The van der Waals surface area contributed by atoms with Crippen LogP contribution in [0.2, 0.25) is 0 Å². The largest absolute Gasteiger partial charge is 0.486 e. The number of aromatic amines is 1. The summed E-state index contributed by atoms with van der Waals surface area (Å²) in [7, 11) is 0. The topological polar surface area (TPSA) is 124 Å². The highest BCUT2D eigenvalue weighted by atomic mass is 16.5. The van der Waals surface area contributed by atoms with Gasteiger partial charge in [-0.2, -0.15) is 5.26 Å². The summed E-state index contributed by atoms with van der Waals surface area (Å²) in [6.07, 6.45) is 8.75. The van der Waals surface area contributed by atoms with E-state index >= 15 is 0 Å². The van der Waals surface area contributed by atoms with Crippen LogP contribution in [0.15, 0.2) is 61.1 Å². The Balaban J connectivity index is 1.03. The van der Waals surface area contributed by atoms with Crippen molar-refractivity contribution in [1.82, 2.24) is 19.9 Å². The van der Waals surface area contributed by atoms with Gasteiger partial charge in [0.1, 0.15) is 6.61 Å². The second kappa shape index (κ2) is 11.8. The first kappa shape index (κ1) is 25.2. The standard InChI is InChI=1S/C29H31N7O2/c30-16-22-6-9-27-26(15-22)24(17-32-27)3-1-2-10-35-11-13-36(14-12-35)29-33-18-25(19-34-29)38-20-21-4-7-23(8-5-21)28(31)37/h4-9,15,17-19,32H,1-3,10-14,20H2,(H2,31,37). The van der Waals surface area contributed by atoms with Crippen molar-refractivity contribution in [1.29, 1.82) is 5.26 Å². The van der Waals surface area contributed by atoms with Crippen molar-refractivity contribution >= 4 is 22.8 Å². The van der Waals surface area contributed by atoms with E-state index in [-0.39, 0.29) is 0 Å². The van der Waals surface area contributed by atoms with Crippen LogP contribution in [0.3, 0.4) is 0 Å². The number of nitrogens with one attached hydrogen (secondary N) is 1. The molecule has 0 bridgehead atoms. The normalized spacial score (nSPS) is 13.9. The summed E-state index contributed by atoms with van der Waals surface area (Å²) in [4.78, 5) is 28.2. The fraction of sp³-hybridized carbons (Fsp3) is 0.310. The Morgan fingerprint density at radius 1 is 1.05 bits per heavy atom. The Morgan fingerprint density at radius 2 is 1.82 bits per heavy atom. The number of H-pyrrole nitrogens is 1. The minimum absolute atomic E-state index is 0.363. The van der Waals surface area contributed by atoms with E-state index < -0.39 is 5.91 Å². The van der Waals surface area contributed by atoms with Crippen LogP contribution in [0.25, 0.3) is 10.9 Å². The Bertz CT molecular complexity index is 1420. The Morgan fingerprint density at radius 3 is 2.53 bits per heavy atom. The van der Waals surface area contributed by atoms with Gasteiger partial charge in [-0.05, 0) is 67.3 Å². The zero-order chi connectivity index (χ0) is 26.3. The molecule has 1 aliphatic heterocycles. The number of anilines is 1. The number of nitrogens with two attached hydrogens (primary N) is 1. The van der Waals surface area contributed by atoms with Crippen molar-refractivity contribution in [2.45, 2.75) is 25.9 Å². The van der Waals surface area contributed by atoms with Crippen LogP contribution in [-0.2, 0) is 13.0 Å². The first-order valence-corrected chi connectivity index (χ1v) is 12.9. The van der Waals surface area contributed by atoms with Crippen LogP contribution >= 0.6 is 0 Å². The first-order valence-electron chi connectivity index (χ1n) is 12.9. The maximum absolute atomic E-state index is 11.2. The number of nitrogens with zero attached hydrogens (tertiary/aromatic N) is 5. The third-order valence-electron chi connectivity index (χ3n) is 6.98. The molecular formula is C29H31N7O2. The maximum atomic E-state index is 11.2. The fourth-order valence-electron chi connectivity index (χ4n) is 4.76. The van der Waals surface area contributed by atoms with E-state index in [2.05, 4.69) is 37.0 Å².